The Balaban J connectivity index is 1.19. The molecule has 2 aromatic carbocycles. The molecular weight excluding hydrogens is 456 g/mol. The Morgan fingerprint density at radius 1 is 1.21 bits per heavy atom. The van der Waals surface area contributed by atoms with Gasteiger partial charge in [-0.05, 0) is 53.1 Å². The summed E-state index contributed by atoms with van der Waals surface area (Å²) in [6, 6.07) is 16.0. The fourth-order valence-corrected chi connectivity index (χ4v) is 5.86. The van der Waals surface area contributed by atoms with E-state index in [0.717, 1.165) is 47.8 Å². The van der Waals surface area contributed by atoms with Crippen LogP contribution in [0.1, 0.15) is 29.3 Å². The smallest absolute Gasteiger partial charge is 0.233 e. The number of hydrogen-bond donors (Lipinski definition) is 0. The van der Waals surface area contributed by atoms with E-state index < -0.39 is 0 Å². The van der Waals surface area contributed by atoms with Gasteiger partial charge in [0.15, 0.2) is 0 Å². The molecule has 0 N–H and O–H groups in total. The number of carbonyl (C=O) groups excluding carboxylic acids is 1. The predicted molar refractivity (Wildman–Crippen MR) is 129 cm³/mol. The van der Waals surface area contributed by atoms with Crippen LogP contribution >= 0.6 is 23.1 Å². The van der Waals surface area contributed by atoms with Crippen molar-refractivity contribution in [2.45, 2.75) is 30.5 Å². The quantitative estimate of drug-likeness (QED) is 0.372. The third-order valence-electron chi connectivity index (χ3n) is 5.75. The lowest BCUT2D eigenvalue weighted by Crippen LogP contribution is -2.40. The monoisotopic (exact) mass is 480 g/mol. The summed E-state index contributed by atoms with van der Waals surface area (Å²) in [6.07, 6.45) is 2.06. The first-order valence-corrected chi connectivity index (χ1v) is 12.6. The maximum Gasteiger partial charge on any atom is 0.233 e. The highest BCUT2D eigenvalue weighted by molar-refractivity contribution is 7.99. The third-order valence-corrected chi connectivity index (χ3v) is 7.89. The fraction of sp³-hybridized carbons (Fsp3) is 0.348. The fourth-order valence-electron chi connectivity index (χ4n) is 3.99. The first kappa shape index (κ1) is 21.8. The summed E-state index contributed by atoms with van der Waals surface area (Å²) in [6.45, 7) is 2.05. The number of thiazole rings is 1. The van der Waals surface area contributed by atoms with Crippen LogP contribution in [0.3, 0.4) is 0 Å². The summed E-state index contributed by atoms with van der Waals surface area (Å²) in [5.41, 5.74) is 2.10. The number of carbonyl (C=O) groups is 1. The molecule has 0 unspecified atom stereocenters. The standard InChI is InChI=1S/C23H24N6O2S2/c1-31-18-10-8-16(9-11-18)13-29-23(25-26-27-29)32-15-21(30)28-12-4-5-17(14-28)22-24-19-6-2-3-7-20(19)33-22/h2-3,6-11,17H,4-5,12-15H2,1H3/t17-/m0/s1. The Morgan fingerprint density at radius 3 is 2.88 bits per heavy atom. The number of tetrazole rings is 1. The number of fused-ring (bicyclic) bond motifs is 1. The van der Waals surface area contributed by atoms with Crippen molar-refractivity contribution < 1.29 is 9.53 Å². The van der Waals surface area contributed by atoms with E-state index in [1.165, 1.54) is 16.5 Å². The Morgan fingerprint density at radius 2 is 2.06 bits per heavy atom. The molecule has 1 amide bonds. The predicted octanol–water partition coefficient (Wildman–Crippen LogP) is 3.84. The van der Waals surface area contributed by atoms with Gasteiger partial charge >= 0.3 is 0 Å². The highest BCUT2D eigenvalue weighted by Gasteiger charge is 2.27. The zero-order valence-electron chi connectivity index (χ0n) is 18.3. The van der Waals surface area contributed by atoms with Gasteiger partial charge < -0.3 is 9.64 Å². The number of thioether (sulfide) groups is 1. The van der Waals surface area contributed by atoms with Crippen LogP contribution in [0.5, 0.6) is 5.75 Å². The number of nitrogens with zero attached hydrogens (tertiary/aromatic N) is 6. The average Bonchev–Trinajstić information content (AvgIpc) is 3.50. The minimum Gasteiger partial charge on any atom is -0.497 e. The van der Waals surface area contributed by atoms with Crippen molar-refractivity contribution in [2.75, 3.05) is 26.0 Å². The maximum absolute atomic E-state index is 13.0. The van der Waals surface area contributed by atoms with Crippen LogP contribution in [0.25, 0.3) is 10.2 Å². The molecule has 2 aromatic heterocycles. The van der Waals surface area contributed by atoms with Crippen molar-refractivity contribution in [3.8, 4) is 5.75 Å². The van der Waals surface area contributed by atoms with Gasteiger partial charge in [-0.25, -0.2) is 9.67 Å². The molecular formula is C23H24N6O2S2. The summed E-state index contributed by atoms with van der Waals surface area (Å²) >= 11 is 3.12. The lowest BCUT2D eigenvalue weighted by Gasteiger charge is -2.31. The molecule has 3 heterocycles. The number of para-hydroxylation sites is 1. The molecule has 8 nitrogen and oxygen atoms in total. The number of hydrogen-bond acceptors (Lipinski definition) is 8. The number of aromatic nitrogens is 5. The van der Waals surface area contributed by atoms with Crippen LogP contribution in [0, 0.1) is 0 Å². The number of amides is 1. The van der Waals surface area contributed by atoms with Gasteiger partial charge in [0, 0.05) is 19.0 Å². The zero-order chi connectivity index (χ0) is 22.6. The molecule has 1 saturated heterocycles. The second-order valence-electron chi connectivity index (χ2n) is 7.95. The van der Waals surface area contributed by atoms with Crippen LogP contribution in [0.15, 0.2) is 53.7 Å². The Hall–Kier alpha value is -2.98. The number of likely N-dealkylation sites (tertiary alicyclic amines) is 1. The number of ether oxygens (including phenoxy) is 1. The molecule has 0 saturated carbocycles. The molecule has 1 atom stereocenters. The van der Waals surface area contributed by atoms with Gasteiger partial charge in [-0.3, -0.25) is 4.79 Å². The minimum atomic E-state index is 0.116. The molecule has 1 aliphatic heterocycles. The second kappa shape index (κ2) is 9.88. The summed E-state index contributed by atoms with van der Waals surface area (Å²) in [5.74, 6) is 1.53. The minimum absolute atomic E-state index is 0.116. The SMILES string of the molecule is COc1ccc(Cn2nnnc2SCC(=O)N2CCC[C@H](c3nc4ccccc4s3)C2)cc1. The molecule has 1 fully saturated rings. The van der Waals surface area contributed by atoms with E-state index in [1.54, 1.807) is 23.1 Å². The van der Waals surface area contributed by atoms with Gasteiger partial charge in [0.1, 0.15) is 5.75 Å². The Bertz CT molecular complexity index is 1210. The van der Waals surface area contributed by atoms with Crippen molar-refractivity contribution in [2.24, 2.45) is 0 Å². The van der Waals surface area contributed by atoms with E-state index in [9.17, 15) is 4.79 Å². The van der Waals surface area contributed by atoms with E-state index >= 15 is 0 Å². The highest BCUT2D eigenvalue weighted by atomic mass is 32.2. The van der Waals surface area contributed by atoms with Crippen molar-refractivity contribution in [1.29, 1.82) is 0 Å². The van der Waals surface area contributed by atoms with Gasteiger partial charge in [-0.15, -0.1) is 16.4 Å². The van der Waals surface area contributed by atoms with E-state index in [1.807, 2.05) is 47.4 Å². The molecule has 0 aliphatic carbocycles. The van der Waals surface area contributed by atoms with Crippen molar-refractivity contribution in [3.05, 3.63) is 59.1 Å². The van der Waals surface area contributed by atoms with Crippen LogP contribution in [0.4, 0.5) is 0 Å². The molecule has 1 aliphatic rings. The first-order valence-electron chi connectivity index (χ1n) is 10.8. The molecule has 0 spiro atoms. The van der Waals surface area contributed by atoms with Gasteiger partial charge in [-0.1, -0.05) is 36.0 Å². The Kier molecular flexibility index (Phi) is 6.54. The molecule has 33 heavy (non-hydrogen) atoms. The number of benzene rings is 2. The molecule has 5 rings (SSSR count). The van der Waals surface area contributed by atoms with Crippen molar-refractivity contribution in [1.82, 2.24) is 30.1 Å². The molecule has 10 heteroatoms. The lowest BCUT2D eigenvalue weighted by atomic mass is 9.99. The van der Waals surface area contributed by atoms with E-state index in [-0.39, 0.29) is 5.91 Å². The summed E-state index contributed by atoms with van der Waals surface area (Å²) in [4.78, 5) is 19.8. The normalized spacial score (nSPS) is 16.3. The number of rotatable bonds is 7. The Labute approximate surface area is 200 Å². The van der Waals surface area contributed by atoms with Gasteiger partial charge in [0.2, 0.25) is 11.1 Å². The largest absolute Gasteiger partial charge is 0.497 e. The second-order valence-corrected chi connectivity index (χ2v) is 9.96. The van der Waals surface area contributed by atoms with E-state index in [4.69, 9.17) is 9.72 Å². The first-order chi connectivity index (χ1) is 16.2. The maximum atomic E-state index is 13.0. The van der Waals surface area contributed by atoms with Gasteiger partial charge in [-0.2, -0.15) is 0 Å². The van der Waals surface area contributed by atoms with Crippen LogP contribution in [0.2, 0.25) is 0 Å². The average molecular weight is 481 g/mol. The summed E-state index contributed by atoms with van der Waals surface area (Å²) in [7, 11) is 1.64. The molecule has 0 bridgehead atoms. The molecule has 0 radical (unpaired) electrons. The van der Waals surface area contributed by atoms with Gasteiger partial charge in [0.05, 0.1) is 34.6 Å². The molecule has 4 aromatic rings. The van der Waals surface area contributed by atoms with Crippen LogP contribution < -0.4 is 4.74 Å². The van der Waals surface area contributed by atoms with Gasteiger partial charge in [0.25, 0.3) is 0 Å². The third kappa shape index (κ3) is 5.01. The van der Waals surface area contributed by atoms with E-state index in [0.29, 0.717) is 23.4 Å². The van der Waals surface area contributed by atoms with Crippen molar-refractivity contribution in [3.63, 3.8) is 0 Å². The van der Waals surface area contributed by atoms with Crippen molar-refractivity contribution >= 4 is 39.2 Å². The van der Waals surface area contributed by atoms with E-state index in [2.05, 4.69) is 21.6 Å². The van der Waals surface area contributed by atoms with Crippen LogP contribution in [-0.2, 0) is 11.3 Å². The zero-order valence-corrected chi connectivity index (χ0v) is 19.9. The van der Waals surface area contributed by atoms with Crippen LogP contribution in [-0.4, -0.2) is 62.0 Å². The highest BCUT2D eigenvalue weighted by Crippen LogP contribution is 2.33. The lowest BCUT2D eigenvalue weighted by molar-refractivity contribution is -0.129. The summed E-state index contributed by atoms with van der Waals surface area (Å²) < 4.78 is 8.13. The topological polar surface area (TPSA) is 86.0 Å². The number of methoxy groups -OCH3 is 1. The molecule has 170 valence electrons. The number of piperidine rings is 1. The summed E-state index contributed by atoms with van der Waals surface area (Å²) in [5, 5.41) is 13.8.